The highest BCUT2D eigenvalue weighted by Crippen LogP contribution is 2.21. The van der Waals surface area contributed by atoms with Crippen molar-refractivity contribution in [2.75, 3.05) is 65.1 Å². The Morgan fingerprint density at radius 1 is 1.29 bits per heavy atom. The summed E-state index contributed by atoms with van der Waals surface area (Å²) >= 11 is 1.75. The fourth-order valence-corrected chi connectivity index (χ4v) is 3.96. The van der Waals surface area contributed by atoms with Crippen LogP contribution in [-0.4, -0.2) is 86.9 Å². The van der Waals surface area contributed by atoms with Crippen molar-refractivity contribution in [3.05, 3.63) is 0 Å². The molecule has 0 radical (unpaired) electrons. The van der Waals surface area contributed by atoms with Gasteiger partial charge in [-0.15, -0.1) is 0 Å². The molecule has 0 bridgehead atoms. The second kappa shape index (κ2) is 11.3. The number of nitrogens with zero attached hydrogens (tertiary/aromatic N) is 2. The maximum absolute atomic E-state index is 12.6. The van der Waals surface area contributed by atoms with E-state index in [9.17, 15) is 4.79 Å². The van der Waals surface area contributed by atoms with Gasteiger partial charge >= 0.3 is 0 Å². The van der Waals surface area contributed by atoms with Crippen LogP contribution in [0.5, 0.6) is 0 Å². The van der Waals surface area contributed by atoms with Crippen LogP contribution in [0.4, 0.5) is 0 Å². The quantitative estimate of drug-likeness (QED) is 0.598. The van der Waals surface area contributed by atoms with Gasteiger partial charge in [-0.2, -0.15) is 11.8 Å². The molecule has 1 atom stereocenters. The van der Waals surface area contributed by atoms with Crippen LogP contribution in [0, 0.1) is 5.92 Å². The van der Waals surface area contributed by atoms with E-state index in [0.717, 1.165) is 64.5 Å². The third kappa shape index (κ3) is 6.90. The summed E-state index contributed by atoms with van der Waals surface area (Å²) in [7, 11) is 1.76. The monoisotopic (exact) mass is 358 g/mol. The lowest BCUT2D eigenvalue weighted by Gasteiger charge is -2.35. The minimum Gasteiger partial charge on any atom is -0.383 e. The molecule has 0 aromatic heterocycles. The molecule has 0 aromatic rings. The number of likely N-dealkylation sites (tertiary alicyclic amines) is 1. The summed E-state index contributed by atoms with van der Waals surface area (Å²) in [4.78, 5) is 17.2. The van der Waals surface area contributed by atoms with Crippen LogP contribution >= 0.6 is 11.8 Å². The van der Waals surface area contributed by atoms with Gasteiger partial charge in [0.15, 0.2) is 0 Å². The summed E-state index contributed by atoms with van der Waals surface area (Å²) in [5.74, 6) is 1.85. The zero-order valence-electron chi connectivity index (χ0n) is 15.4. The van der Waals surface area contributed by atoms with Crippen molar-refractivity contribution in [3.63, 3.8) is 0 Å². The average molecular weight is 359 g/mol. The van der Waals surface area contributed by atoms with Gasteiger partial charge in [0.05, 0.1) is 12.7 Å². The Hall–Kier alpha value is -0.300. The van der Waals surface area contributed by atoms with Gasteiger partial charge in [0, 0.05) is 45.5 Å². The van der Waals surface area contributed by atoms with Crippen molar-refractivity contribution in [3.8, 4) is 0 Å². The highest BCUT2D eigenvalue weighted by Gasteiger charge is 2.26. The minimum atomic E-state index is 0.255. The van der Waals surface area contributed by atoms with Gasteiger partial charge < -0.3 is 19.3 Å². The summed E-state index contributed by atoms with van der Waals surface area (Å²) in [6.07, 6.45) is 7.57. The third-order valence-corrected chi connectivity index (χ3v) is 5.73. The number of carbonyl (C=O) groups excluding carboxylic acids is 1. The predicted molar refractivity (Wildman–Crippen MR) is 99.6 cm³/mol. The van der Waals surface area contributed by atoms with Crippen LogP contribution in [0.1, 0.15) is 32.1 Å². The van der Waals surface area contributed by atoms with Crippen molar-refractivity contribution < 1.29 is 14.3 Å². The van der Waals surface area contributed by atoms with E-state index in [0.29, 0.717) is 18.2 Å². The number of thioether (sulfide) groups is 1. The molecular weight excluding hydrogens is 324 g/mol. The van der Waals surface area contributed by atoms with Crippen molar-refractivity contribution in [2.45, 2.75) is 38.2 Å². The van der Waals surface area contributed by atoms with Crippen LogP contribution in [0.2, 0.25) is 0 Å². The largest absolute Gasteiger partial charge is 0.383 e. The van der Waals surface area contributed by atoms with Crippen LogP contribution in [0.15, 0.2) is 0 Å². The number of piperidine rings is 1. The molecule has 2 rings (SSSR count). The zero-order chi connectivity index (χ0) is 17.2. The first kappa shape index (κ1) is 20.0. The van der Waals surface area contributed by atoms with Gasteiger partial charge in [0.25, 0.3) is 0 Å². The van der Waals surface area contributed by atoms with Crippen molar-refractivity contribution in [1.82, 2.24) is 9.80 Å². The number of hydrogen-bond acceptors (Lipinski definition) is 5. The zero-order valence-corrected chi connectivity index (χ0v) is 16.2. The lowest BCUT2D eigenvalue weighted by atomic mass is 9.96. The molecule has 0 saturated carbocycles. The van der Waals surface area contributed by atoms with Gasteiger partial charge in [-0.05, 0) is 50.9 Å². The first-order chi connectivity index (χ1) is 11.7. The van der Waals surface area contributed by atoms with Crippen molar-refractivity contribution >= 4 is 17.7 Å². The molecule has 2 heterocycles. The van der Waals surface area contributed by atoms with E-state index in [4.69, 9.17) is 9.47 Å². The number of methoxy groups -OCH3 is 1. The Morgan fingerprint density at radius 2 is 2.08 bits per heavy atom. The van der Waals surface area contributed by atoms with Gasteiger partial charge in [0.2, 0.25) is 5.91 Å². The Balaban J connectivity index is 1.79. The van der Waals surface area contributed by atoms with Crippen LogP contribution in [0.25, 0.3) is 0 Å². The number of carbonyl (C=O) groups is 1. The predicted octanol–water partition coefficient (Wildman–Crippen LogP) is 2.11. The van der Waals surface area contributed by atoms with Gasteiger partial charge in [0.1, 0.15) is 0 Å². The Morgan fingerprint density at radius 3 is 2.71 bits per heavy atom. The van der Waals surface area contributed by atoms with Crippen molar-refractivity contribution in [1.29, 1.82) is 0 Å². The molecule has 24 heavy (non-hydrogen) atoms. The first-order valence-corrected chi connectivity index (χ1v) is 10.7. The molecule has 2 aliphatic rings. The van der Waals surface area contributed by atoms with Crippen molar-refractivity contribution in [2.24, 2.45) is 5.92 Å². The van der Waals surface area contributed by atoms with E-state index in [-0.39, 0.29) is 6.10 Å². The molecule has 1 amide bonds. The van der Waals surface area contributed by atoms with E-state index in [1.54, 1.807) is 18.9 Å². The third-order valence-electron chi connectivity index (χ3n) is 5.12. The fraction of sp³-hybridized carbons (Fsp3) is 0.944. The number of rotatable bonds is 10. The lowest BCUT2D eigenvalue weighted by molar-refractivity contribution is -0.133. The molecule has 0 N–H and O–H groups in total. The lowest BCUT2D eigenvalue weighted by Crippen LogP contribution is -2.44. The second-order valence-corrected chi connectivity index (χ2v) is 7.94. The molecule has 2 saturated heterocycles. The summed E-state index contributed by atoms with van der Waals surface area (Å²) in [6, 6.07) is 0. The average Bonchev–Trinajstić information content (AvgIpc) is 3.11. The fourth-order valence-electron chi connectivity index (χ4n) is 3.58. The molecule has 0 spiro atoms. The Labute approximate surface area is 151 Å². The standard InChI is InChI=1S/C18H34N2O3S/c1-22-12-10-19-8-5-16(6-9-19)14-20(18(21)7-13-24-2)15-17-4-3-11-23-17/h16-17H,3-15H2,1-2H3/t17-/m0/s1. The van der Waals surface area contributed by atoms with Crippen LogP contribution < -0.4 is 0 Å². The van der Waals surface area contributed by atoms with E-state index >= 15 is 0 Å². The maximum atomic E-state index is 12.6. The smallest absolute Gasteiger partial charge is 0.223 e. The molecule has 140 valence electrons. The summed E-state index contributed by atoms with van der Waals surface area (Å²) in [5, 5.41) is 0. The normalized spacial score (nSPS) is 22.8. The molecular formula is C18H34N2O3S. The minimum absolute atomic E-state index is 0.255. The highest BCUT2D eigenvalue weighted by molar-refractivity contribution is 7.98. The van der Waals surface area contributed by atoms with E-state index in [2.05, 4.69) is 16.1 Å². The molecule has 2 aliphatic heterocycles. The molecule has 5 nitrogen and oxygen atoms in total. The first-order valence-electron chi connectivity index (χ1n) is 9.32. The molecule has 0 aromatic carbocycles. The van der Waals surface area contributed by atoms with Crippen LogP contribution in [-0.2, 0) is 14.3 Å². The second-order valence-electron chi connectivity index (χ2n) is 6.95. The number of ether oxygens (including phenoxy) is 2. The summed E-state index contributed by atoms with van der Waals surface area (Å²) in [5.41, 5.74) is 0. The molecule has 0 aliphatic carbocycles. The van der Waals surface area contributed by atoms with Gasteiger partial charge in [-0.3, -0.25) is 4.79 Å². The van der Waals surface area contributed by atoms with E-state index < -0.39 is 0 Å². The Bertz CT molecular complexity index is 356. The SMILES string of the molecule is COCCN1CCC(CN(C[C@@H]2CCCO2)C(=O)CCSC)CC1. The molecule has 6 heteroatoms. The van der Waals surface area contributed by atoms with E-state index in [1.165, 1.54) is 12.8 Å². The summed E-state index contributed by atoms with van der Waals surface area (Å²) < 4.78 is 10.9. The highest BCUT2D eigenvalue weighted by atomic mass is 32.2. The summed E-state index contributed by atoms with van der Waals surface area (Å²) in [6.45, 7) is 6.64. The molecule has 2 fully saturated rings. The number of hydrogen-bond donors (Lipinski definition) is 0. The molecule has 0 unspecified atom stereocenters. The Kier molecular flexibility index (Phi) is 9.46. The number of amides is 1. The van der Waals surface area contributed by atoms with Gasteiger partial charge in [-0.1, -0.05) is 0 Å². The van der Waals surface area contributed by atoms with E-state index in [1.807, 2.05) is 0 Å². The topological polar surface area (TPSA) is 42.0 Å². The van der Waals surface area contributed by atoms with Gasteiger partial charge in [-0.25, -0.2) is 0 Å². The maximum Gasteiger partial charge on any atom is 0.223 e. The van der Waals surface area contributed by atoms with Crippen LogP contribution in [0.3, 0.4) is 0 Å².